The molecule has 1 aromatic carbocycles. The molecule has 162 valence electrons. The van der Waals surface area contributed by atoms with Gasteiger partial charge in [-0.3, -0.25) is 14.0 Å². The smallest absolute Gasteiger partial charge is 0.264 e. The van der Waals surface area contributed by atoms with Gasteiger partial charge in [0, 0.05) is 47.7 Å². The van der Waals surface area contributed by atoms with Crippen molar-refractivity contribution >= 4 is 38.1 Å². The van der Waals surface area contributed by atoms with Gasteiger partial charge < -0.3 is 14.9 Å². The summed E-state index contributed by atoms with van der Waals surface area (Å²) in [4.78, 5) is 24.8. The third-order valence-electron chi connectivity index (χ3n) is 4.89. The van der Waals surface area contributed by atoms with Crippen molar-refractivity contribution in [3.05, 3.63) is 48.4 Å². The Labute approximate surface area is 179 Å². The summed E-state index contributed by atoms with van der Waals surface area (Å²) >= 11 is 0. The Morgan fingerprint density at radius 1 is 1.23 bits per heavy atom. The van der Waals surface area contributed by atoms with Crippen LogP contribution in [0, 0.1) is 0 Å². The Hall–Kier alpha value is -3.24. The molecular weight excluding hydrogens is 418 g/mol. The Bertz CT molecular complexity index is 1370. The van der Waals surface area contributed by atoms with Crippen molar-refractivity contribution in [2.75, 3.05) is 12.9 Å². The molecular formula is C21H23N5O4S. The zero-order valence-electron chi connectivity index (χ0n) is 17.6. The first kappa shape index (κ1) is 21.0. The quantitative estimate of drug-likeness (QED) is 0.444. The van der Waals surface area contributed by atoms with E-state index >= 15 is 0 Å². The van der Waals surface area contributed by atoms with Gasteiger partial charge in [0.15, 0.2) is 5.65 Å². The first-order chi connectivity index (χ1) is 14.5. The summed E-state index contributed by atoms with van der Waals surface area (Å²) in [5.41, 5.74) is 3.78. The number of carbonyl (C=O) groups excluding carboxylic acids is 1. The first-order valence-electron chi connectivity index (χ1n) is 9.58. The van der Waals surface area contributed by atoms with Gasteiger partial charge in [0.1, 0.15) is 5.52 Å². The van der Waals surface area contributed by atoms with Crippen LogP contribution in [0.4, 0.5) is 0 Å². The van der Waals surface area contributed by atoms with Crippen LogP contribution in [0.1, 0.15) is 24.2 Å². The van der Waals surface area contributed by atoms with E-state index in [-0.39, 0.29) is 12.5 Å². The van der Waals surface area contributed by atoms with Crippen molar-refractivity contribution in [2.24, 2.45) is 7.05 Å². The number of rotatable bonds is 6. The molecule has 10 heteroatoms. The topological polar surface area (TPSA) is 119 Å². The molecule has 31 heavy (non-hydrogen) atoms. The molecule has 0 spiro atoms. The monoisotopic (exact) mass is 441 g/mol. The molecule has 3 aromatic heterocycles. The molecule has 1 amide bonds. The predicted octanol–water partition coefficient (Wildman–Crippen LogP) is 2.60. The molecule has 0 atom stereocenters. The van der Waals surface area contributed by atoms with Crippen molar-refractivity contribution in [3.8, 4) is 11.3 Å². The summed E-state index contributed by atoms with van der Waals surface area (Å²) in [7, 11) is -1.66. The summed E-state index contributed by atoms with van der Waals surface area (Å²) in [6, 6.07) is 7.37. The number of H-pyrrole nitrogens is 1. The highest BCUT2D eigenvalue weighted by Gasteiger charge is 2.24. The second-order valence-corrected chi connectivity index (χ2v) is 9.81. The molecule has 9 nitrogen and oxygen atoms in total. The van der Waals surface area contributed by atoms with Gasteiger partial charge in [-0.2, -0.15) is 8.42 Å². The van der Waals surface area contributed by atoms with Gasteiger partial charge in [-0.05, 0) is 38.1 Å². The van der Waals surface area contributed by atoms with Crippen LogP contribution in [-0.4, -0.2) is 52.2 Å². The maximum Gasteiger partial charge on any atom is 0.264 e. The molecule has 0 aliphatic rings. The van der Waals surface area contributed by atoms with Crippen LogP contribution in [0.3, 0.4) is 0 Å². The van der Waals surface area contributed by atoms with E-state index in [2.05, 4.69) is 20.3 Å². The van der Waals surface area contributed by atoms with Crippen LogP contribution in [0.15, 0.2) is 42.9 Å². The molecule has 0 saturated heterocycles. The lowest BCUT2D eigenvalue weighted by atomic mass is 10.0. The third-order valence-corrected chi connectivity index (χ3v) is 5.43. The zero-order chi connectivity index (χ0) is 22.4. The van der Waals surface area contributed by atoms with Crippen molar-refractivity contribution in [2.45, 2.75) is 19.4 Å². The molecule has 2 N–H and O–H groups in total. The van der Waals surface area contributed by atoms with E-state index in [4.69, 9.17) is 4.18 Å². The minimum atomic E-state index is -3.60. The van der Waals surface area contributed by atoms with Crippen LogP contribution < -0.4 is 5.32 Å². The van der Waals surface area contributed by atoms with Crippen LogP contribution in [-0.2, 0) is 21.3 Å². The van der Waals surface area contributed by atoms with Gasteiger partial charge in [-0.15, -0.1) is 0 Å². The lowest BCUT2D eigenvalue weighted by Crippen LogP contribution is -2.47. The van der Waals surface area contributed by atoms with E-state index in [9.17, 15) is 13.2 Å². The van der Waals surface area contributed by atoms with Gasteiger partial charge in [0.2, 0.25) is 0 Å². The summed E-state index contributed by atoms with van der Waals surface area (Å²) < 4.78 is 29.4. The average Bonchev–Trinajstić information content (AvgIpc) is 3.26. The van der Waals surface area contributed by atoms with E-state index in [0.29, 0.717) is 11.2 Å². The largest absolute Gasteiger partial charge is 0.350 e. The molecule has 0 aliphatic carbocycles. The summed E-state index contributed by atoms with van der Waals surface area (Å²) in [6.45, 7) is 3.24. The minimum absolute atomic E-state index is 0.161. The Morgan fingerprint density at radius 2 is 1.97 bits per heavy atom. The first-order valence-corrected chi connectivity index (χ1v) is 11.4. The van der Waals surface area contributed by atoms with E-state index in [1.54, 1.807) is 32.3 Å². The minimum Gasteiger partial charge on any atom is -0.350 e. The van der Waals surface area contributed by atoms with Crippen LogP contribution in [0.25, 0.3) is 33.3 Å². The van der Waals surface area contributed by atoms with Crippen LogP contribution >= 0.6 is 0 Å². The number of nitrogens with one attached hydrogen (secondary N) is 2. The zero-order valence-corrected chi connectivity index (χ0v) is 18.4. The standard InChI is InChI=1S/C21H23N5O4S/c1-21(2,12-30-31(4,28)29)25-20(27)13-5-6-18-14(9-13)15(11-26(18)3)16-10-17-19(24-16)23-8-7-22-17/h5-11H,12H2,1-4H3,(H,23,24)(H,25,27). The molecule has 0 saturated carbocycles. The molecule has 0 unspecified atom stereocenters. The van der Waals surface area contributed by atoms with Crippen molar-refractivity contribution in [1.82, 2.24) is 24.8 Å². The third kappa shape index (κ3) is 4.44. The number of amides is 1. The number of nitrogens with zero attached hydrogens (tertiary/aromatic N) is 3. The average molecular weight is 442 g/mol. The van der Waals surface area contributed by atoms with Gasteiger partial charge in [0.25, 0.3) is 16.0 Å². The Morgan fingerprint density at radius 3 is 2.68 bits per heavy atom. The molecule has 0 bridgehead atoms. The molecule has 4 aromatic rings. The maximum absolute atomic E-state index is 12.9. The molecule has 0 aliphatic heterocycles. The van der Waals surface area contributed by atoms with Gasteiger partial charge >= 0.3 is 0 Å². The number of hydrogen-bond acceptors (Lipinski definition) is 6. The molecule has 3 heterocycles. The predicted molar refractivity (Wildman–Crippen MR) is 118 cm³/mol. The lowest BCUT2D eigenvalue weighted by molar-refractivity contribution is 0.0883. The summed E-state index contributed by atoms with van der Waals surface area (Å²) in [5, 5.41) is 3.73. The van der Waals surface area contributed by atoms with Gasteiger partial charge in [-0.25, -0.2) is 4.98 Å². The van der Waals surface area contributed by atoms with Crippen molar-refractivity contribution < 1.29 is 17.4 Å². The number of hydrogen-bond donors (Lipinski definition) is 2. The summed E-state index contributed by atoms with van der Waals surface area (Å²) in [5.74, 6) is -0.321. The number of fused-ring (bicyclic) bond motifs is 2. The van der Waals surface area contributed by atoms with E-state index < -0.39 is 15.7 Å². The molecule has 0 fully saturated rings. The Kier molecular flexibility index (Phi) is 5.06. The highest BCUT2D eigenvalue weighted by Crippen LogP contribution is 2.31. The molecule has 0 radical (unpaired) electrons. The normalized spacial score (nSPS) is 12.5. The van der Waals surface area contributed by atoms with E-state index in [1.807, 2.05) is 36.0 Å². The number of carbonyl (C=O) groups is 1. The number of benzene rings is 1. The number of aromatic amines is 1. The van der Waals surface area contributed by atoms with Crippen LogP contribution in [0.5, 0.6) is 0 Å². The fraction of sp³-hybridized carbons (Fsp3) is 0.286. The highest BCUT2D eigenvalue weighted by molar-refractivity contribution is 7.85. The SMILES string of the molecule is Cn1cc(-c2cc3nccnc3[nH]2)c2cc(C(=O)NC(C)(C)COS(C)(=O)=O)ccc21. The second-order valence-electron chi connectivity index (χ2n) is 8.16. The maximum atomic E-state index is 12.9. The molecule has 4 rings (SSSR count). The van der Waals surface area contributed by atoms with E-state index in [1.165, 1.54) is 0 Å². The highest BCUT2D eigenvalue weighted by atomic mass is 32.2. The van der Waals surface area contributed by atoms with Gasteiger partial charge in [-0.1, -0.05) is 0 Å². The van der Waals surface area contributed by atoms with Gasteiger partial charge in [0.05, 0.1) is 24.1 Å². The summed E-state index contributed by atoms with van der Waals surface area (Å²) in [6.07, 6.45) is 6.23. The Balaban J connectivity index is 1.67. The van der Waals surface area contributed by atoms with Crippen molar-refractivity contribution in [1.29, 1.82) is 0 Å². The fourth-order valence-corrected chi connectivity index (χ4v) is 3.92. The van der Waals surface area contributed by atoms with E-state index in [0.717, 1.165) is 33.9 Å². The lowest BCUT2D eigenvalue weighted by Gasteiger charge is -2.25. The fourth-order valence-electron chi connectivity index (χ4n) is 3.41. The second kappa shape index (κ2) is 7.47. The number of aryl methyl sites for hydroxylation is 1. The van der Waals surface area contributed by atoms with Crippen molar-refractivity contribution in [3.63, 3.8) is 0 Å². The van der Waals surface area contributed by atoms with Crippen LogP contribution in [0.2, 0.25) is 0 Å². The number of aromatic nitrogens is 4.